The maximum atomic E-state index is 6.63. The number of rotatable bonds is 5. The van der Waals surface area contributed by atoms with Crippen molar-refractivity contribution in [1.29, 1.82) is 0 Å². The summed E-state index contributed by atoms with van der Waals surface area (Å²) in [7, 11) is 0. The summed E-state index contributed by atoms with van der Waals surface area (Å²) in [5.74, 6) is 0. The predicted molar refractivity (Wildman–Crippen MR) is 83.6 cm³/mol. The first kappa shape index (κ1) is 15.5. The van der Waals surface area contributed by atoms with Gasteiger partial charge in [0, 0.05) is 18.3 Å². The van der Waals surface area contributed by atoms with Crippen LogP contribution in [0.15, 0.2) is 12.3 Å². The Morgan fingerprint density at radius 2 is 1.90 bits per heavy atom. The van der Waals surface area contributed by atoms with E-state index in [4.69, 9.17) is 5.73 Å². The van der Waals surface area contributed by atoms with Gasteiger partial charge in [0.05, 0.1) is 11.7 Å². The summed E-state index contributed by atoms with van der Waals surface area (Å²) >= 11 is 0. The van der Waals surface area contributed by atoms with E-state index in [1.54, 1.807) is 0 Å². The predicted octanol–water partition coefficient (Wildman–Crippen LogP) is 2.95. The number of hydrogen-bond acceptors (Lipinski definition) is 3. The van der Waals surface area contributed by atoms with Crippen LogP contribution in [-0.2, 0) is 6.54 Å². The van der Waals surface area contributed by atoms with Crippen molar-refractivity contribution in [3.8, 4) is 0 Å². The summed E-state index contributed by atoms with van der Waals surface area (Å²) in [6.45, 7) is 10.0. The van der Waals surface area contributed by atoms with Crippen LogP contribution in [0.1, 0.15) is 64.6 Å². The molecule has 0 saturated carbocycles. The molecule has 1 saturated heterocycles. The first-order valence-electron chi connectivity index (χ1n) is 8.09. The number of aryl methyl sites for hydroxylation is 1. The lowest BCUT2D eigenvalue weighted by Gasteiger charge is -2.42. The molecule has 0 bridgehead atoms. The molecule has 114 valence electrons. The van der Waals surface area contributed by atoms with Gasteiger partial charge in [0.25, 0.3) is 0 Å². The molecule has 0 aromatic carbocycles. The number of likely N-dealkylation sites (tertiary alicyclic amines) is 1. The summed E-state index contributed by atoms with van der Waals surface area (Å²) in [6.07, 6.45) is 8.27. The molecule has 1 unspecified atom stereocenters. The molecule has 1 fully saturated rings. The monoisotopic (exact) mass is 278 g/mol. The average molecular weight is 278 g/mol. The summed E-state index contributed by atoms with van der Waals surface area (Å²) in [5.41, 5.74) is 7.78. The molecule has 2 heterocycles. The molecule has 20 heavy (non-hydrogen) atoms. The van der Waals surface area contributed by atoms with Gasteiger partial charge in [0.15, 0.2) is 0 Å². The minimum Gasteiger partial charge on any atom is -0.321 e. The molecule has 4 heteroatoms. The van der Waals surface area contributed by atoms with E-state index in [0.717, 1.165) is 13.0 Å². The van der Waals surface area contributed by atoms with E-state index in [1.165, 1.54) is 44.5 Å². The second kappa shape index (κ2) is 6.72. The number of aromatic nitrogens is 2. The SMILES string of the molecule is CCCn1nccc1C(N)C(C)(C)N1CCCCCC1. The summed E-state index contributed by atoms with van der Waals surface area (Å²) in [6, 6.07) is 2.09. The Morgan fingerprint density at radius 1 is 1.25 bits per heavy atom. The molecule has 0 aliphatic carbocycles. The Morgan fingerprint density at radius 3 is 2.50 bits per heavy atom. The van der Waals surface area contributed by atoms with Gasteiger partial charge < -0.3 is 5.73 Å². The third kappa shape index (κ3) is 3.23. The quantitative estimate of drug-likeness (QED) is 0.901. The van der Waals surface area contributed by atoms with Gasteiger partial charge in [-0.15, -0.1) is 0 Å². The van der Waals surface area contributed by atoms with Gasteiger partial charge >= 0.3 is 0 Å². The largest absolute Gasteiger partial charge is 0.321 e. The highest BCUT2D eigenvalue weighted by Gasteiger charge is 2.35. The van der Waals surface area contributed by atoms with Crippen molar-refractivity contribution in [3.63, 3.8) is 0 Å². The Kier molecular flexibility index (Phi) is 5.22. The molecule has 2 rings (SSSR count). The van der Waals surface area contributed by atoms with Crippen LogP contribution in [0.25, 0.3) is 0 Å². The van der Waals surface area contributed by atoms with Gasteiger partial charge in [0.1, 0.15) is 0 Å². The highest BCUT2D eigenvalue weighted by atomic mass is 15.3. The Hall–Kier alpha value is -0.870. The number of nitrogens with two attached hydrogens (primary N) is 1. The molecule has 1 atom stereocenters. The molecule has 1 aliphatic heterocycles. The normalized spacial score (nSPS) is 19.8. The summed E-state index contributed by atoms with van der Waals surface area (Å²) < 4.78 is 2.07. The van der Waals surface area contributed by atoms with E-state index in [-0.39, 0.29) is 11.6 Å². The minimum absolute atomic E-state index is 0.00894. The Labute approximate surface area is 123 Å². The van der Waals surface area contributed by atoms with Crippen LogP contribution in [0.3, 0.4) is 0 Å². The Balaban J connectivity index is 2.16. The second-order valence-corrected chi connectivity index (χ2v) is 6.51. The lowest BCUT2D eigenvalue weighted by atomic mass is 9.90. The van der Waals surface area contributed by atoms with Crippen LogP contribution in [0, 0.1) is 0 Å². The molecular weight excluding hydrogens is 248 g/mol. The van der Waals surface area contributed by atoms with E-state index < -0.39 is 0 Å². The molecule has 1 aromatic heterocycles. The average Bonchev–Trinajstić information content (AvgIpc) is 2.71. The fourth-order valence-electron chi connectivity index (χ4n) is 3.21. The van der Waals surface area contributed by atoms with Gasteiger partial charge in [-0.3, -0.25) is 9.58 Å². The minimum atomic E-state index is -0.0180. The Bertz CT molecular complexity index is 402. The van der Waals surface area contributed by atoms with E-state index >= 15 is 0 Å². The third-order valence-electron chi connectivity index (χ3n) is 4.69. The van der Waals surface area contributed by atoms with Crippen molar-refractivity contribution in [3.05, 3.63) is 18.0 Å². The van der Waals surface area contributed by atoms with Crippen molar-refractivity contribution in [2.45, 2.75) is 71.0 Å². The van der Waals surface area contributed by atoms with Crippen LogP contribution in [0.2, 0.25) is 0 Å². The van der Waals surface area contributed by atoms with Gasteiger partial charge in [0.2, 0.25) is 0 Å². The zero-order chi connectivity index (χ0) is 14.6. The molecule has 0 radical (unpaired) electrons. The van der Waals surface area contributed by atoms with Crippen LogP contribution in [0.4, 0.5) is 0 Å². The standard InChI is InChI=1S/C16H30N4/c1-4-11-20-14(9-10-18-20)15(17)16(2,3)19-12-7-5-6-8-13-19/h9-10,15H,4-8,11-13,17H2,1-3H3. The topological polar surface area (TPSA) is 47.1 Å². The van der Waals surface area contributed by atoms with Crippen LogP contribution in [0.5, 0.6) is 0 Å². The van der Waals surface area contributed by atoms with E-state index in [9.17, 15) is 0 Å². The molecule has 0 spiro atoms. The third-order valence-corrected chi connectivity index (χ3v) is 4.69. The van der Waals surface area contributed by atoms with Gasteiger partial charge in [-0.25, -0.2) is 0 Å². The van der Waals surface area contributed by atoms with Crippen molar-refractivity contribution in [1.82, 2.24) is 14.7 Å². The smallest absolute Gasteiger partial charge is 0.0648 e. The van der Waals surface area contributed by atoms with Crippen molar-refractivity contribution in [2.75, 3.05) is 13.1 Å². The maximum Gasteiger partial charge on any atom is 0.0648 e. The van der Waals surface area contributed by atoms with Crippen LogP contribution in [-0.4, -0.2) is 33.3 Å². The first-order chi connectivity index (χ1) is 9.57. The zero-order valence-corrected chi connectivity index (χ0v) is 13.3. The lowest BCUT2D eigenvalue weighted by molar-refractivity contribution is 0.0948. The molecular formula is C16H30N4. The van der Waals surface area contributed by atoms with E-state index in [0.29, 0.717) is 0 Å². The number of hydrogen-bond donors (Lipinski definition) is 1. The van der Waals surface area contributed by atoms with Crippen molar-refractivity contribution >= 4 is 0 Å². The summed E-state index contributed by atoms with van der Waals surface area (Å²) in [5, 5.41) is 4.42. The summed E-state index contributed by atoms with van der Waals surface area (Å²) in [4.78, 5) is 2.58. The van der Waals surface area contributed by atoms with Gasteiger partial charge in [-0.05, 0) is 52.3 Å². The maximum absolute atomic E-state index is 6.63. The van der Waals surface area contributed by atoms with Crippen molar-refractivity contribution in [2.24, 2.45) is 5.73 Å². The molecule has 2 N–H and O–H groups in total. The molecule has 0 amide bonds. The van der Waals surface area contributed by atoms with Gasteiger partial charge in [-0.2, -0.15) is 5.10 Å². The second-order valence-electron chi connectivity index (χ2n) is 6.51. The van der Waals surface area contributed by atoms with Crippen molar-refractivity contribution < 1.29 is 0 Å². The first-order valence-corrected chi connectivity index (χ1v) is 8.09. The van der Waals surface area contributed by atoms with Crippen LogP contribution < -0.4 is 5.73 Å². The molecule has 4 nitrogen and oxygen atoms in total. The van der Waals surface area contributed by atoms with E-state index in [2.05, 4.69) is 41.5 Å². The van der Waals surface area contributed by atoms with E-state index in [1.807, 2.05) is 6.20 Å². The molecule has 1 aromatic rings. The molecule has 1 aliphatic rings. The van der Waals surface area contributed by atoms with Gasteiger partial charge in [-0.1, -0.05) is 19.8 Å². The zero-order valence-electron chi connectivity index (χ0n) is 13.3. The fourth-order valence-corrected chi connectivity index (χ4v) is 3.21. The highest BCUT2D eigenvalue weighted by molar-refractivity contribution is 5.13. The van der Waals surface area contributed by atoms with Crippen LogP contribution >= 0.6 is 0 Å². The highest BCUT2D eigenvalue weighted by Crippen LogP contribution is 2.31. The fraction of sp³-hybridized carbons (Fsp3) is 0.812. The number of nitrogens with zero attached hydrogens (tertiary/aromatic N) is 3. The lowest BCUT2D eigenvalue weighted by Crippen LogP contribution is -2.52.